The number of hydrogen-bond acceptors (Lipinski definition) is 11. The Morgan fingerprint density at radius 1 is 0.587 bits per heavy atom. The lowest BCUT2D eigenvalue weighted by atomic mass is 10.1. The summed E-state index contributed by atoms with van der Waals surface area (Å²) in [6, 6.07) is 23.7. The largest absolute Gasteiger partial charge is 0.398 e. The Bertz CT molecular complexity index is 2210. The van der Waals surface area contributed by atoms with E-state index in [-0.39, 0.29) is 0 Å². The predicted octanol–water partition coefficient (Wildman–Crippen LogP) is 6.89. The van der Waals surface area contributed by atoms with Gasteiger partial charge in [0.2, 0.25) is 11.9 Å². The van der Waals surface area contributed by atoms with Crippen LogP contribution in [-0.2, 0) is 0 Å². The number of nitrogen functional groups attached to an aromatic ring is 2. The third-order valence-corrected chi connectivity index (χ3v) is 7.83. The first-order valence-electron chi connectivity index (χ1n) is 14.8. The zero-order valence-electron chi connectivity index (χ0n) is 26.2. The van der Waals surface area contributed by atoms with Gasteiger partial charge in [-0.2, -0.15) is 4.98 Å². The lowest BCUT2D eigenvalue weighted by Crippen LogP contribution is -2.15. The van der Waals surface area contributed by atoms with Gasteiger partial charge in [-0.05, 0) is 93.6 Å². The minimum Gasteiger partial charge on any atom is -0.398 e. The first-order valence-corrected chi connectivity index (χ1v) is 14.8. The topological polar surface area (TPSA) is 148 Å². The molecule has 5 N–H and O–H groups in total. The van der Waals surface area contributed by atoms with E-state index in [2.05, 4.69) is 42.3 Å². The van der Waals surface area contributed by atoms with E-state index in [1.165, 1.54) is 6.33 Å². The van der Waals surface area contributed by atoms with Crippen LogP contribution in [0.4, 0.5) is 46.0 Å². The number of anilines is 8. The van der Waals surface area contributed by atoms with Gasteiger partial charge in [-0.1, -0.05) is 0 Å². The normalized spacial score (nSPS) is 11.3. The monoisotopic (exact) mass is 607 g/mol. The molecular weight excluding hydrogens is 574 g/mol. The summed E-state index contributed by atoms with van der Waals surface area (Å²) in [5, 5.41) is 6.05. The zero-order valence-corrected chi connectivity index (χ0v) is 26.2. The van der Waals surface area contributed by atoms with Crippen molar-refractivity contribution in [2.75, 3.05) is 40.7 Å². The maximum Gasteiger partial charge on any atom is 0.239 e. The molecule has 0 saturated carbocycles. The first kappa shape index (κ1) is 28.7. The molecule has 7 rings (SSSR count). The highest BCUT2D eigenvalue weighted by Gasteiger charge is 2.19. The van der Waals surface area contributed by atoms with Crippen LogP contribution in [0.3, 0.4) is 0 Å². The van der Waals surface area contributed by atoms with E-state index >= 15 is 0 Å². The van der Waals surface area contributed by atoms with Gasteiger partial charge in [0.15, 0.2) is 0 Å². The number of nitrogens with two attached hydrogens (primary N) is 2. The average Bonchev–Trinajstić information content (AvgIpc) is 3.01. The Hall–Kier alpha value is -6.10. The summed E-state index contributed by atoms with van der Waals surface area (Å²) in [6.07, 6.45) is 1.50. The molecule has 4 aromatic heterocycles. The molecule has 0 bridgehead atoms. The van der Waals surface area contributed by atoms with Crippen LogP contribution in [-0.4, -0.2) is 44.0 Å². The summed E-state index contributed by atoms with van der Waals surface area (Å²) >= 11 is 0. The summed E-state index contributed by atoms with van der Waals surface area (Å²) in [5.74, 6) is 0.788. The Morgan fingerprint density at radius 2 is 1.13 bits per heavy atom. The fourth-order valence-corrected chi connectivity index (χ4v) is 5.78. The second kappa shape index (κ2) is 11.1. The van der Waals surface area contributed by atoms with E-state index < -0.39 is 0 Å². The van der Waals surface area contributed by atoms with Gasteiger partial charge >= 0.3 is 0 Å². The minimum absolute atomic E-state index is 0.385. The SMILES string of the molecule is Cc1cc(N)c2cc(N(c3ccc4nc(C)cc(N)c4c3)c3ncnc(Nc4ccc5nc(C)cc(N(C)C)c5c4)n3)ccc2n1. The van der Waals surface area contributed by atoms with Crippen LogP contribution >= 0.6 is 0 Å². The van der Waals surface area contributed by atoms with Gasteiger partial charge in [0.1, 0.15) is 6.33 Å². The summed E-state index contributed by atoms with van der Waals surface area (Å²) in [4.78, 5) is 32.0. The average molecular weight is 608 g/mol. The Morgan fingerprint density at radius 3 is 1.72 bits per heavy atom. The van der Waals surface area contributed by atoms with E-state index in [1.807, 2.05) is 100 Å². The van der Waals surface area contributed by atoms with Crippen LogP contribution in [0.2, 0.25) is 0 Å². The van der Waals surface area contributed by atoms with Gasteiger partial charge in [-0.25, -0.2) is 9.97 Å². The molecule has 0 aliphatic rings. The Balaban J connectivity index is 1.35. The smallest absolute Gasteiger partial charge is 0.239 e. The third kappa shape index (κ3) is 5.28. The van der Waals surface area contributed by atoms with Crippen molar-refractivity contribution < 1.29 is 0 Å². The van der Waals surface area contributed by atoms with Crippen molar-refractivity contribution in [2.45, 2.75) is 20.8 Å². The number of aryl methyl sites for hydroxylation is 3. The Labute approximate surface area is 266 Å². The van der Waals surface area contributed by atoms with E-state index in [1.54, 1.807) is 0 Å². The minimum atomic E-state index is 0.385. The van der Waals surface area contributed by atoms with Gasteiger partial charge in [-0.15, -0.1) is 0 Å². The molecular formula is C35H33N11. The van der Waals surface area contributed by atoms with Crippen LogP contribution in [0, 0.1) is 20.8 Å². The molecule has 46 heavy (non-hydrogen) atoms. The molecule has 228 valence electrons. The summed E-state index contributed by atoms with van der Waals surface area (Å²) < 4.78 is 0. The lowest BCUT2D eigenvalue weighted by molar-refractivity contribution is 1.01. The molecule has 0 amide bonds. The molecule has 0 fully saturated rings. The van der Waals surface area contributed by atoms with Crippen molar-refractivity contribution in [3.63, 3.8) is 0 Å². The summed E-state index contributed by atoms with van der Waals surface area (Å²) in [7, 11) is 4.05. The third-order valence-electron chi connectivity index (χ3n) is 7.83. The van der Waals surface area contributed by atoms with Gasteiger partial charge < -0.3 is 21.7 Å². The maximum atomic E-state index is 6.46. The second-order valence-electron chi connectivity index (χ2n) is 11.6. The van der Waals surface area contributed by atoms with Crippen LogP contribution in [0.15, 0.2) is 79.1 Å². The first-order chi connectivity index (χ1) is 22.1. The number of nitrogens with zero attached hydrogens (tertiary/aromatic N) is 8. The van der Waals surface area contributed by atoms with E-state index in [0.29, 0.717) is 23.3 Å². The molecule has 0 atom stereocenters. The van der Waals surface area contributed by atoms with Crippen molar-refractivity contribution in [3.05, 3.63) is 96.2 Å². The van der Waals surface area contributed by atoms with Crippen LogP contribution in [0.1, 0.15) is 17.1 Å². The van der Waals surface area contributed by atoms with E-state index in [0.717, 1.165) is 72.5 Å². The van der Waals surface area contributed by atoms with Crippen molar-refractivity contribution in [2.24, 2.45) is 0 Å². The highest BCUT2D eigenvalue weighted by atomic mass is 15.3. The highest BCUT2D eigenvalue weighted by molar-refractivity contribution is 5.97. The van der Waals surface area contributed by atoms with Crippen LogP contribution in [0.25, 0.3) is 32.7 Å². The molecule has 0 radical (unpaired) electrons. The van der Waals surface area contributed by atoms with Crippen LogP contribution < -0.4 is 26.6 Å². The van der Waals surface area contributed by atoms with Gasteiger partial charge in [0, 0.05) is 81.5 Å². The number of nitrogens with one attached hydrogen (secondary N) is 1. The fourth-order valence-electron chi connectivity index (χ4n) is 5.78. The highest BCUT2D eigenvalue weighted by Crippen LogP contribution is 2.38. The standard InChI is InChI=1S/C35H33N11/c1-19-12-28(36)25-16-23(7-10-30(25)40-19)46(24-8-11-31-26(17-24)29(37)13-20(2)41-31)35-39-18-38-34(44-35)43-22-6-9-32-27(15-22)33(45(4)5)14-21(3)42-32/h6-18H,1-5H3,(H2,36,40)(H2,37,41)(H,38,39,43,44). The number of benzene rings is 3. The zero-order chi connectivity index (χ0) is 32.1. The van der Waals surface area contributed by atoms with Gasteiger partial charge in [0.05, 0.1) is 16.6 Å². The van der Waals surface area contributed by atoms with E-state index in [9.17, 15) is 0 Å². The van der Waals surface area contributed by atoms with Crippen LogP contribution in [0.5, 0.6) is 0 Å². The second-order valence-corrected chi connectivity index (χ2v) is 11.6. The van der Waals surface area contributed by atoms with Crippen molar-refractivity contribution >= 4 is 78.7 Å². The maximum absolute atomic E-state index is 6.46. The molecule has 0 unspecified atom stereocenters. The number of rotatable bonds is 6. The molecule has 0 saturated heterocycles. The number of hydrogen-bond donors (Lipinski definition) is 3. The fraction of sp³-hybridized carbons (Fsp3) is 0.143. The van der Waals surface area contributed by atoms with E-state index in [4.69, 9.17) is 21.4 Å². The summed E-state index contributed by atoms with van der Waals surface area (Å²) in [5.41, 5.74) is 22.9. The van der Waals surface area contributed by atoms with Crippen molar-refractivity contribution in [1.82, 2.24) is 29.9 Å². The predicted molar refractivity (Wildman–Crippen MR) is 188 cm³/mol. The molecule has 11 heteroatoms. The molecule has 11 nitrogen and oxygen atoms in total. The van der Waals surface area contributed by atoms with Gasteiger partial charge in [0.25, 0.3) is 0 Å². The molecule has 0 aliphatic heterocycles. The van der Waals surface area contributed by atoms with Crippen molar-refractivity contribution in [1.29, 1.82) is 0 Å². The summed E-state index contributed by atoms with van der Waals surface area (Å²) in [6.45, 7) is 5.86. The molecule has 0 spiro atoms. The number of fused-ring (bicyclic) bond motifs is 3. The molecule has 0 aliphatic carbocycles. The molecule has 4 heterocycles. The Kier molecular flexibility index (Phi) is 6.93. The lowest BCUT2D eigenvalue weighted by Gasteiger charge is -2.24. The number of pyridine rings is 3. The van der Waals surface area contributed by atoms with Gasteiger partial charge in [-0.3, -0.25) is 19.9 Å². The van der Waals surface area contributed by atoms with Crippen molar-refractivity contribution in [3.8, 4) is 0 Å². The number of aromatic nitrogens is 6. The molecule has 7 aromatic rings. The molecule has 3 aromatic carbocycles. The quantitative estimate of drug-likeness (QED) is 0.182.